The summed E-state index contributed by atoms with van der Waals surface area (Å²) in [4.78, 5) is 0. The van der Waals surface area contributed by atoms with Crippen LogP contribution in [-0.4, -0.2) is 17.8 Å². The van der Waals surface area contributed by atoms with E-state index in [0.29, 0.717) is 24.0 Å². The zero-order valence-electron chi connectivity index (χ0n) is 20.7. The molecule has 3 aromatic rings. The highest BCUT2D eigenvalue weighted by Gasteiger charge is 2.28. The lowest BCUT2D eigenvalue weighted by molar-refractivity contribution is 0.0964. The fourth-order valence-corrected chi connectivity index (χ4v) is 5.12. The highest BCUT2D eigenvalue weighted by molar-refractivity contribution is 5.65. The Morgan fingerprint density at radius 3 is 2.22 bits per heavy atom. The molecular weight excluding hydrogens is 461 g/mol. The van der Waals surface area contributed by atoms with Crippen molar-refractivity contribution in [3.8, 4) is 16.9 Å². The minimum absolute atomic E-state index is 0.0154. The van der Waals surface area contributed by atoms with Gasteiger partial charge in [0, 0.05) is 5.56 Å². The molecule has 2 nitrogen and oxygen atoms in total. The molecule has 0 bridgehead atoms. The van der Waals surface area contributed by atoms with Crippen LogP contribution in [0.4, 0.5) is 13.2 Å². The van der Waals surface area contributed by atoms with Gasteiger partial charge in [0.05, 0.1) is 6.10 Å². The van der Waals surface area contributed by atoms with Crippen LogP contribution in [0.25, 0.3) is 11.1 Å². The van der Waals surface area contributed by atoms with E-state index in [1.54, 1.807) is 43.3 Å². The summed E-state index contributed by atoms with van der Waals surface area (Å²) in [7, 11) is 0. The summed E-state index contributed by atoms with van der Waals surface area (Å²) in [6, 6.07) is 15.7. The van der Waals surface area contributed by atoms with Gasteiger partial charge in [0.15, 0.2) is 23.2 Å². The quantitative estimate of drug-likeness (QED) is 0.308. The normalized spacial score (nSPS) is 18.6. The number of hydrogen-bond donors (Lipinski definition) is 1. The number of rotatable bonds is 9. The van der Waals surface area contributed by atoms with Crippen molar-refractivity contribution in [2.24, 2.45) is 5.92 Å². The number of halogens is 3. The van der Waals surface area contributed by atoms with Gasteiger partial charge in [0.2, 0.25) is 0 Å². The van der Waals surface area contributed by atoms with E-state index in [1.807, 2.05) is 18.2 Å². The topological polar surface area (TPSA) is 29.5 Å². The molecule has 0 radical (unpaired) electrons. The van der Waals surface area contributed by atoms with Crippen molar-refractivity contribution in [1.29, 1.82) is 0 Å². The lowest BCUT2D eigenvalue weighted by atomic mass is 9.76. The first-order valence-corrected chi connectivity index (χ1v) is 12.6. The van der Waals surface area contributed by atoms with Gasteiger partial charge in [-0.05, 0) is 91.7 Å². The van der Waals surface area contributed by atoms with Crippen LogP contribution >= 0.6 is 0 Å². The van der Waals surface area contributed by atoms with Gasteiger partial charge in [0.1, 0.15) is 6.61 Å². The summed E-state index contributed by atoms with van der Waals surface area (Å²) in [5.41, 5.74) is 3.18. The third-order valence-electron chi connectivity index (χ3n) is 7.33. The molecule has 0 amide bonds. The number of ether oxygens (including phenoxy) is 1. The highest BCUT2D eigenvalue weighted by Crippen LogP contribution is 2.39. The van der Waals surface area contributed by atoms with Gasteiger partial charge in [0.25, 0.3) is 0 Å². The highest BCUT2D eigenvalue weighted by atomic mass is 19.2. The molecule has 1 N–H and O–H groups in total. The third-order valence-corrected chi connectivity index (χ3v) is 7.33. The van der Waals surface area contributed by atoms with Gasteiger partial charge in [-0.3, -0.25) is 0 Å². The van der Waals surface area contributed by atoms with E-state index in [-0.39, 0.29) is 35.9 Å². The van der Waals surface area contributed by atoms with Gasteiger partial charge in [-0.25, -0.2) is 13.2 Å². The van der Waals surface area contributed by atoms with Crippen LogP contribution in [0.5, 0.6) is 5.75 Å². The zero-order chi connectivity index (χ0) is 25.7. The van der Waals surface area contributed by atoms with E-state index >= 15 is 8.78 Å². The molecule has 0 aliphatic heterocycles. The van der Waals surface area contributed by atoms with E-state index in [2.05, 4.69) is 6.58 Å². The second-order valence-corrected chi connectivity index (χ2v) is 9.74. The van der Waals surface area contributed by atoms with Crippen LogP contribution in [0, 0.1) is 23.4 Å². The zero-order valence-corrected chi connectivity index (χ0v) is 20.7. The van der Waals surface area contributed by atoms with Crippen LogP contribution in [-0.2, 0) is 12.8 Å². The first-order chi connectivity index (χ1) is 17.4. The van der Waals surface area contributed by atoms with Gasteiger partial charge in [-0.1, -0.05) is 55.1 Å². The molecule has 190 valence electrons. The average Bonchev–Trinajstić information content (AvgIpc) is 2.89. The first-order valence-electron chi connectivity index (χ1n) is 12.6. The van der Waals surface area contributed by atoms with E-state index in [1.165, 1.54) is 6.07 Å². The second-order valence-electron chi connectivity index (χ2n) is 9.74. The van der Waals surface area contributed by atoms with Crippen molar-refractivity contribution < 1.29 is 23.0 Å². The van der Waals surface area contributed by atoms with Crippen LogP contribution in [0.2, 0.25) is 0 Å². The Morgan fingerprint density at radius 2 is 1.58 bits per heavy atom. The third kappa shape index (κ3) is 6.01. The lowest BCUT2D eigenvalue weighted by Crippen LogP contribution is -2.23. The molecule has 0 heterocycles. The maximum absolute atomic E-state index is 15.1. The summed E-state index contributed by atoms with van der Waals surface area (Å²) in [5, 5.41) is 9.80. The molecule has 0 aromatic heterocycles. The smallest absolute Gasteiger partial charge is 0.166 e. The molecule has 36 heavy (non-hydrogen) atoms. The predicted molar refractivity (Wildman–Crippen MR) is 138 cm³/mol. The second kappa shape index (κ2) is 11.8. The average molecular weight is 495 g/mol. The Bertz CT molecular complexity index is 1180. The minimum atomic E-state index is -0.813. The Kier molecular flexibility index (Phi) is 8.52. The van der Waals surface area contributed by atoms with Crippen molar-refractivity contribution in [3.05, 3.63) is 101 Å². The van der Waals surface area contributed by atoms with Crippen molar-refractivity contribution in [2.45, 2.75) is 57.5 Å². The van der Waals surface area contributed by atoms with Gasteiger partial charge in [-0.15, -0.1) is 0 Å². The largest absolute Gasteiger partial charge is 0.486 e. The van der Waals surface area contributed by atoms with Gasteiger partial charge < -0.3 is 9.84 Å². The number of benzene rings is 3. The summed E-state index contributed by atoms with van der Waals surface area (Å²) >= 11 is 0. The molecule has 1 saturated carbocycles. The van der Waals surface area contributed by atoms with E-state index in [0.717, 1.165) is 36.8 Å². The van der Waals surface area contributed by atoms with E-state index in [9.17, 15) is 9.50 Å². The molecule has 0 spiro atoms. The van der Waals surface area contributed by atoms with Crippen LogP contribution < -0.4 is 4.74 Å². The maximum atomic E-state index is 15.1. The van der Waals surface area contributed by atoms with E-state index < -0.39 is 17.5 Å². The molecule has 4 rings (SSSR count). The fraction of sp³-hybridized carbons (Fsp3) is 0.355. The van der Waals surface area contributed by atoms with E-state index in [4.69, 9.17) is 4.74 Å². The molecule has 3 aromatic carbocycles. The van der Waals surface area contributed by atoms with Gasteiger partial charge in [-0.2, -0.15) is 0 Å². The van der Waals surface area contributed by atoms with Crippen LogP contribution in [0.15, 0.2) is 67.3 Å². The van der Waals surface area contributed by atoms with Crippen LogP contribution in [0.3, 0.4) is 0 Å². The number of aliphatic hydroxyl groups is 1. The van der Waals surface area contributed by atoms with Gasteiger partial charge >= 0.3 is 0 Å². The Balaban J connectivity index is 1.40. The fourth-order valence-electron chi connectivity index (χ4n) is 5.12. The molecule has 1 fully saturated rings. The predicted octanol–water partition coefficient (Wildman–Crippen LogP) is 7.78. The molecule has 1 unspecified atom stereocenters. The minimum Gasteiger partial charge on any atom is -0.486 e. The molecule has 0 saturated heterocycles. The SMILES string of the molecule is C=CCOc1ccc(CCc2ccc(-c3ccc(C4CCC(C(C)O)CC4)c(F)c3F)cc2)cc1F. The number of aryl methyl sites for hydroxylation is 2. The number of hydrogen-bond acceptors (Lipinski definition) is 2. The van der Waals surface area contributed by atoms with Crippen molar-refractivity contribution in [1.82, 2.24) is 0 Å². The Morgan fingerprint density at radius 1 is 0.917 bits per heavy atom. The number of aliphatic hydroxyl groups excluding tert-OH is 1. The lowest BCUT2D eigenvalue weighted by Gasteiger charge is -2.30. The monoisotopic (exact) mass is 494 g/mol. The molecule has 1 aliphatic carbocycles. The summed E-state index contributed by atoms with van der Waals surface area (Å²) in [6.45, 7) is 5.60. The van der Waals surface area contributed by atoms with Crippen LogP contribution in [0.1, 0.15) is 55.2 Å². The molecular formula is C31H33F3O2. The summed E-state index contributed by atoms with van der Waals surface area (Å²) in [5.74, 6) is -1.55. The molecule has 5 heteroatoms. The Labute approximate surface area is 211 Å². The first kappa shape index (κ1) is 26.0. The maximum Gasteiger partial charge on any atom is 0.166 e. The van der Waals surface area contributed by atoms with Crippen molar-refractivity contribution in [3.63, 3.8) is 0 Å². The van der Waals surface area contributed by atoms with Crippen molar-refractivity contribution >= 4 is 0 Å². The Hall–Kier alpha value is -3.05. The summed E-state index contributed by atoms with van der Waals surface area (Å²) in [6.07, 6.45) is 5.71. The van der Waals surface area contributed by atoms with Crippen molar-refractivity contribution in [2.75, 3.05) is 6.61 Å². The standard InChI is InChI=1S/C31H33F3O2/c1-3-18-36-29-17-8-22(19-28(29)32)5-4-21-6-9-24(10-7-21)26-15-16-27(31(34)30(26)33)25-13-11-23(12-14-25)20(2)35/h3,6-10,15-17,19-20,23,25,35H,1,4-5,11-14,18H2,2H3. The summed E-state index contributed by atoms with van der Waals surface area (Å²) < 4.78 is 49.5. The molecule has 1 aliphatic rings. The molecule has 1 atom stereocenters.